The van der Waals surface area contributed by atoms with E-state index in [2.05, 4.69) is 20.8 Å². The average Bonchev–Trinajstić information content (AvgIpc) is 2.65. The zero-order valence-electron chi connectivity index (χ0n) is 19.8. The smallest absolute Gasteiger partial charge is 0.306 e. The molecule has 1 atom stereocenters. The van der Waals surface area contributed by atoms with Crippen molar-refractivity contribution in [2.24, 2.45) is 5.92 Å². The van der Waals surface area contributed by atoms with Crippen LogP contribution in [-0.4, -0.2) is 24.6 Å². The van der Waals surface area contributed by atoms with Gasteiger partial charge in [-0.05, 0) is 38.5 Å². The number of esters is 2. The van der Waals surface area contributed by atoms with Crippen molar-refractivity contribution >= 4 is 11.9 Å². The molecule has 1 unspecified atom stereocenters. The molecule has 0 aromatic carbocycles. The molecule has 0 aromatic rings. The normalized spacial score (nSPS) is 12.2. The molecule has 0 rings (SSSR count). The van der Waals surface area contributed by atoms with E-state index in [-0.39, 0.29) is 18.0 Å². The minimum atomic E-state index is -0.160. The lowest BCUT2D eigenvalue weighted by molar-refractivity contribution is -0.149. The first kappa shape index (κ1) is 27.9. The fraction of sp³-hybridized carbons (Fsp3) is 0.920. The fourth-order valence-electron chi connectivity index (χ4n) is 3.56. The first-order valence-electron chi connectivity index (χ1n) is 12.3. The van der Waals surface area contributed by atoms with Gasteiger partial charge in [-0.25, -0.2) is 0 Å². The van der Waals surface area contributed by atoms with Crippen LogP contribution in [0.2, 0.25) is 0 Å². The third-order valence-corrected chi connectivity index (χ3v) is 5.16. The minimum Gasteiger partial charge on any atom is -0.466 e. The van der Waals surface area contributed by atoms with Gasteiger partial charge in [0.2, 0.25) is 0 Å². The van der Waals surface area contributed by atoms with Crippen LogP contribution in [0.3, 0.4) is 0 Å². The Morgan fingerprint density at radius 1 is 0.655 bits per heavy atom. The zero-order chi connectivity index (χ0) is 21.7. The van der Waals surface area contributed by atoms with Crippen molar-refractivity contribution in [1.29, 1.82) is 0 Å². The van der Waals surface area contributed by atoms with Gasteiger partial charge in [-0.3, -0.25) is 9.59 Å². The first-order chi connectivity index (χ1) is 14.0. The molecular weight excluding hydrogens is 364 g/mol. The Hall–Kier alpha value is -1.06. The van der Waals surface area contributed by atoms with Gasteiger partial charge in [0.25, 0.3) is 0 Å². The van der Waals surface area contributed by atoms with E-state index in [0.717, 1.165) is 19.3 Å². The molecule has 172 valence electrons. The predicted octanol–water partition coefficient (Wildman–Crippen LogP) is 7.38. The highest BCUT2D eigenvalue weighted by molar-refractivity contribution is 5.70. The quantitative estimate of drug-likeness (QED) is 0.155. The second-order valence-corrected chi connectivity index (χ2v) is 8.89. The maximum absolute atomic E-state index is 11.7. The molecule has 0 amide bonds. The van der Waals surface area contributed by atoms with Crippen molar-refractivity contribution in [3.05, 3.63) is 0 Å². The number of unbranched alkanes of at least 4 members (excludes halogenated alkanes) is 11. The number of hydrogen-bond acceptors (Lipinski definition) is 4. The molecule has 0 N–H and O–H groups in total. The average molecular weight is 413 g/mol. The van der Waals surface area contributed by atoms with Crippen LogP contribution in [-0.2, 0) is 19.1 Å². The third-order valence-electron chi connectivity index (χ3n) is 5.16. The van der Waals surface area contributed by atoms with Gasteiger partial charge in [0, 0.05) is 12.8 Å². The summed E-state index contributed by atoms with van der Waals surface area (Å²) in [5.41, 5.74) is 0. The molecule has 4 nitrogen and oxygen atoms in total. The number of hydrogen-bond donors (Lipinski definition) is 0. The largest absolute Gasteiger partial charge is 0.466 e. The van der Waals surface area contributed by atoms with Gasteiger partial charge < -0.3 is 9.47 Å². The maximum Gasteiger partial charge on any atom is 0.306 e. The van der Waals surface area contributed by atoms with E-state index in [4.69, 9.17) is 9.47 Å². The van der Waals surface area contributed by atoms with Gasteiger partial charge in [0.1, 0.15) is 0 Å². The molecule has 0 radical (unpaired) electrons. The van der Waals surface area contributed by atoms with Gasteiger partial charge in [-0.1, -0.05) is 85.0 Å². The highest BCUT2D eigenvalue weighted by Crippen LogP contribution is 2.12. The van der Waals surface area contributed by atoms with Crippen LogP contribution in [0.15, 0.2) is 0 Å². The van der Waals surface area contributed by atoms with Gasteiger partial charge in [-0.2, -0.15) is 0 Å². The Kier molecular flexibility index (Phi) is 19.5. The zero-order valence-corrected chi connectivity index (χ0v) is 19.8. The van der Waals surface area contributed by atoms with Gasteiger partial charge in [0.15, 0.2) is 0 Å². The highest BCUT2D eigenvalue weighted by atomic mass is 16.5. The van der Waals surface area contributed by atoms with Crippen molar-refractivity contribution in [2.45, 2.75) is 137 Å². The second kappa shape index (κ2) is 20.2. The summed E-state index contributed by atoms with van der Waals surface area (Å²) in [5.74, 6) is 0.221. The molecule has 0 saturated heterocycles. The van der Waals surface area contributed by atoms with Gasteiger partial charge in [-0.15, -0.1) is 0 Å². The molecular formula is C25H48O4. The number of carbonyl (C=O) groups is 2. The summed E-state index contributed by atoms with van der Waals surface area (Å²) in [6.07, 6.45) is 17.2. The van der Waals surface area contributed by atoms with E-state index in [9.17, 15) is 9.59 Å². The molecule has 0 aliphatic carbocycles. The Morgan fingerprint density at radius 2 is 1.14 bits per heavy atom. The molecule has 0 heterocycles. The molecule has 0 aliphatic heterocycles. The van der Waals surface area contributed by atoms with Crippen LogP contribution in [0.5, 0.6) is 0 Å². The van der Waals surface area contributed by atoms with Crippen LogP contribution >= 0.6 is 0 Å². The fourth-order valence-corrected chi connectivity index (χ4v) is 3.56. The lowest BCUT2D eigenvalue weighted by atomic mass is 10.1. The Balaban J connectivity index is 3.37. The summed E-state index contributed by atoms with van der Waals surface area (Å²) in [5, 5.41) is 0. The molecule has 0 aromatic heterocycles. The van der Waals surface area contributed by atoms with Crippen molar-refractivity contribution in [3.63, 3.8) is 0 Å². The van der Waals surface area contributed by atoms with Crippen LogP contribution < -0.4 is 0 Å². The summed E-state index contributed by atoms with van der Waals surface area (Å²) >= 11 is 0. The van der Waals surface area contributed by atoms with Crippen molar-refractivity contribution < 1.29 is 19.1 Å². The lowest BCUT2D eigenvalue weighted by Gasteiger charge is -2.15. The monoisotopic (exact) mass is 412 g/mol. The molecule has 0 spiro atoms. The van der Waals surface area contributed by atoms with Crippen molar-refractivity contribution in [3.8, 4) is 0 Å². The Bertz CT molecular complexity index is 392. The summed E-state index contributed by atoms with van der Waals surface area (Å²) in [7, 11) is 0. The highest BCUT2D eigenvalue weighted by Gasteiger charge is 2.11. The number of carbonyl (C=O) groups excluding carboxylic acids is 2. The molecule has 0 bridgehead atoms. The van der Waals surface area contributed by atoms with Gasteiger partial charge >= 0.3 is 11.9 Å². The minimum absolute atomic E-state index is 0.0294. The summed E-state index contributed by atoms with van der Waals surface area (Å²) in [6, 6.07) is 0. The Labute approximate surface area is 180 Å². The van der Waals surface area contributed by atoms with Gasteiger partial charge in [0.05, 0.1) is 12.7 Å². The van der Waals surface area contributed by atoms with E-state index in [1.807, 2.05) is 6.92 Å². The number of rotatable bonds is 20. The van der Waals surface area contributed by atoms with Crippen molar-refractivity contribution in [2.75, 3.05) is 6.61 Å². The second-order valence-electron chi connectivity index (χ2n) is 8.89. The number of ether oxygens (including phenoxy) is 2. The SMILES string of the molecule is CCCCCCCCCCCCCOC(=O)CCCCC(=O)OC(C)CC(C)C. The van der Waals surface area contributed by atoms with Crippen LogP contribution in [0.1, 0.15) is 130 Å². The molecule has 0 fully saturated rings. The van der Waals surface area contributed by atoms with Crippen LogP contribution in [0.25, 0.3) is 0 Å². The van der Waals surface area contributed by atoms with E-state index < -0.39 is 0 Å². The topological polar surface area (TPSA) is 52.6 Å². The third kappa shape index (κ3) is 21.5. The van der Waals surface area contributed by atoms with Crippen LogP contribution in [0, 0.1) is 5.92 Å². The van der Waals surface area contributed by atoms with Crippen LogP contribution in [0.4, 0.5) is 0 Å². The van der Waals surface area contributed by atoms with E-state index in [0.29, 0.717) is 38.2 Å². The molecule has 29 heavy (non-hydrogen) atoms. The van der Waals surface area contributed by atoms with E-state index in [1.165, 1.54) is 57.8 Å². The summed E-state index contributed by atoms with van der Waals surface area (Å²) < 4.78 is 10.6. The maximum atomic E-state index is 11.7. The molecule has 0 aliphatic rings. The van der Waals surface area contributed by atoms with Crippen molar-refractivity contribution in [1.82, 2.24) is 0 Å². The first-order valence-corrected chi connectivity index (χ1v) is 12.3. The Morgan fingerprint density at radius 3 is 1.66 bits per heavy atom. The van der Waals surface area contributed by atoms with E-state index in [1.54, 1.807) is 0 Å². The molecule has 0 saturated carbocycles. The predicted molar refractivity (Wildman–Crippen MR) is 121 cm³/mol. The summed E-state index contributed by atoms with van der Waals surface area (Å²) in [6.45, 7) is 8.96. The standard InChI is InChI=1S/C25H48O4/c1-5-6-7-8-9-10-11-12-13-14-17-20-28-24(26)18-15-16-19-25(27)29-23(4)21-22(2)3/h22-23H,5-21H2,1-4H3. The lowest BCUT2D eigenvalue weighted by Crippen LogP contribution is -2.16. The van der Waals surface area contributed by atoms with E-state index >= 15 is 0 Å². The summed E-state index contributed by atoms with van der Waals surface area (Å²) in [4.78, 5) is 23.5. The molecule has 4 heteroatoms.